The van der Waals surface area contributed by atoms with E-state index in [1.165, 1.54) is 11.4 Å². The number of halogens is 3. The Hall–Kier alpha value is -2.24. The Kier molecular flexibility index (Phi) is 8.71. The van der Waals surface area contributed by atoms with Gasteiger partial charge in [-0.25, -0.2) is 17.9 Å². The summed E-state index contributed by atoms with van der Waals surface area (Å²) in [6, 6.07) is 2.07. The highest BCUT2D eigenvalue weighted by Gasteiger charge is 2.35. The first-order valence-corrected chi connectivity index (χ1v) is 12.5. The predicted octanol–water partition coefficient (Wildman–Crippen LogP) is 3.63. The van der Waals surface area contributed by atoms with Gasteiger partial charge >= 0.3 is 12.1 Å². The highest BCUT2D eigenvalue weighted by molar-refractivity contribution is 7.89. The maximum atomic E-state index is 13.6. The summed E-state index contributed by atoms with van der Waals surface area (Å²) in [4.78, 5) is 10.4. The van der Waals surface area contributed by atoms with E-state index in [1.807, 2.05) is 20.8 Å². The number of aliphatic carboxylic acids is 1. The smallest absolute Gasteiger partial charge is 0.416 e. The van der Waals surface area contributed by atoms with Gasteiger partial charge in [0, 0.05) is 18.2 Å². The van der Waals surface area contributed by atoms with Crippen LogP contribution in [0.3, 0.4) is 0 Å². The van der Waals surface area contributed by atoms with Crippen LogP contribution in [0.15, 0.2) is 34.4 Å². The molecule has 190 valence electrons. The molecule has 0 heterocycles. The van der Waals surface area contributed by atoms with Crippen molar-refractivity contribution in [3.05, 3.63) is 40.6 Å². The van der Waals surface area contributed by atoms with Gasteiger partial charge in [-0.1, -0.05) is 27.7 Å². The zero-order valence-electron chi connectivity index (χ0n) is 19.8. The number of carboxylic acid groups (broad SMARTS) is 1. The second-order valence-corrected chi connectivity index (χ2v) is 11.7. The van der Waals surface area contributed by atoms with Crippen LogP contribution in [0.1, 0.15) is 70.4 Å². The molecule has 0 bridgehead atoms. The predicted molar refractivity (Wildman–Crippen MR) is 122 cm³/mol. The minimum atomic E-state index is -4.72. The van der Waals surface area contributed by atoms with Gasteiger partial charge in [0.2, 0.25) is 10.0 Å². The van der Waals surface area contributed by atoms with Crippen molar-refractivity contribution in [2.75, 3.05) is 6.54 Å². The molecule has 1 aliphatic rings. The molecule has 0 saturated carbocycles. The van der Waals surface area contributed by atoms with Gasteiger partial charge < -0.3 is 15.8 Å². The number of quaternary nitrogens is 1. The fourth-order valence-electron chi connectivity index (χ4n) is 4.28. The van der Waals surface area contributed by atoms with Gasteiger partial charge in [-0.2, -0.15) is 13.2 Å². The van der Waals surface area contributed by atoms with Crippen LogP contribution in [0.5, 0.6) is 0 Å². The second-order valence-electron chi connectivity index (χ2n) is 9.95. The molecule has 1 aliphatic carbocycles. The number of hydrogen-bond acceptors (Lipinski definition) is 4. The summed E-state index contributed by atoms with van der Waals surface area (Å²) in [5.74, 6) is -1.36. The van der Waals surface area contributed by atoms with Gasteiger partial charge in [-0.15, -0.1) is 0 Å². The molecule has 0 saturated heterocycles. The molecule has 0 fully saturated rings. The second kappa shape index (κ2) is 10.6. The highest BCUT2D eigenvalue weighted by Crippen LogP contribution is 2.37. The largest absolute Gasteiger partial charge is 0.477 e. The molecule has 0 spiro atoms. The lowest BCUT2D eigenvalue weighted by Crippen LogP contribution is -2.84. The van der Waals surface area contributed by atoms with Crippen molar-refractivity contribution >= 4 is 22.2 Å². The molecule has 0 amide bonds. The summed E-state index contributed by atoms with van der Waals surface area (Å²) in [5, 5.41) is 18.1. The van der Waals surface area contributed by atoms with E-state index in [0.29, 0.717) is 43.0 Å². The van der Waals surface area contributed by atoms with E-state index in [4.69, 9.17) is 10.5 Å². The Bertz CT molecular complexity index is 1060. The maximum absolute atomic E-state index is 13.6. The van der Waals surface area contributed by atoms with Gasteiger partial charge in [-0.05, 0) is 54.4 Å². The van der Waals surface area contributed by atoms with E-state index in [0.717, 1.165) is 12.3 Å². The monoisotopic (exact) mass is 504 g/mol. The molecule has 0 radical (unpaired) electrons. The van der Waals surface area contributed by atoms with Gasteiger partial charge in [-0.3, -0.25) is 0 Å². The number of nitrogens with one attached hydrogen (secondary N) is 2. The van der Waals surface area contributed by atoms with E-state index in [9.17, 15) is 26.4 Å². The molecule has 2 rings (SSSR count). The van der Waals surface area contributed by atoms with Crippen LogP contribution in [0.2, 0.25) is 0 Å². The number of hydrogen-bond donors (Lipinski definition) is 4. The lowest BCUT2D eigenvalue weighted by Gasteiger charge is -2.26. The van der Waals surface area contributed by atoms with E-state index < -0.39 is 38.7 Å². The van der Waals surface area contributed by atoms with Crippen molar-refractivity contribution in [1.29, 1.82) is 5.41 Å². The minimum absolute atomic E-state index is 0.167. The number of carbonyl (C=O) groups is 1. The van der Waals surface area contributed by atoms with E-state index in [-0.39, 0.29) is 23.4 Å². The van der Waals surface area contributed by atoms with E-state index in [2.05, 4.69) is 4.72 Å². The Morgan fingerprint density at radius 1 is 1.29 bits per heavy atom. The van der Waals surface area contributed by atoms with Gasteiger partial charge in [0.05, 0.1) is 16.5 Å². The molecule has 7 nitrogen and oxygen atoms in total. The lowest BCUT2D eigenvalue weighted by atomic mass is 9.82. The molecule has 1 aromatic rings. The van der Waals surface area contributed by atoms with Crippen LogP contribution in [-0.4, -0.2) is 38.3 Å². The Balaban J connectivity index is 2.46. The van der Waals surface area contributed by atoms with E-state index in [1.54, 1.807) is 6.92 Å². The van der Waals surface area contributed by atoms with Crippen LogP contribution in [-0.2, 0) is 21.0 Å². The van der Waals surface area contributed by atoms with Crippen molar-refractivity contribution in [3.8, 4) is 0 Å². The normalized spacial score (nSPS) is 18.6. The lowest BCUT2D eigenvalue weighted by molar-refractivity contribution is -0.599. The number of sulfonamides is 1. The Morgan fingerprint density at radius 2 is 1.94 bits per heavy atom. The zero-order chi connectivity index (χ0) is 25.9. The zero-order valence-corrected chi connectivity index (χ0v) is 20.6. The molecule has 1 aromatic carbocycles. The van der Waals surface area contributed by atoms with Crippen LogP contribution >= 0.6 is 0 Å². The summed E-state index contributed by atoms with van der Waals surface area (Å²) in [6.07, 6.45) is -1.79. The summed E-state index contributed by atoms with van der Waals surface area (Å²) in [7, 11) is -4.36. The summed E-state index contributed by atoms with van der Waals surface area (Å²) in [6.45, 7) is 7.39. The standard InChI is InChI=1S/C23H32F3N3O4S/c1-14(11-22(2,3)4)15-8-16(23(24,25)26)10-17(9-15)34(32,33)29-20-7-5-6-19(18(20)12-27)28-13-21(30)31/h8-10,12,14,20,27-29H,5-7,11,13H2,1-4H3,(H,30,31)/p+1. The van der Waals surface area contributed by atoms with Crippen molar-refractivity contribution < 1.29 is 36.8 Å². The van der Waals surface area contributed by atoms with Crippen LogP contribution in [0, 0.1) is 10.8 Å². The first kappa shape index (κ1) is 28.0. The van der Waals surface area contributed by atoms with Crippen molar-refractivity contribution in [2.45, 2.75) is 76.4 Å². The van der Waals surface area contributed by atoms with Crippen molar-refractivity contribution in [1.82, 2.24) is 4.72 Å². The molecule has 2 unspecified atom stereocenters. The number of rotatable bonds is 9. The third-order valence-electron chi connectivity index (χ3n) is 5.72. The number of carboxylic acids is 1. The molecular formula is C23H33F3N3O4S+. The number of allylic oxidation sites excluding steroid dienone is 1. The summed E-state index contributed by atoms with van der Waals surface area (Å²) in [5.41, 5.74) is -0.0380. The van der Waals surface area contributed by atoms with Crippen molar-refractivity contribution in [3.63, 3.8) is 0 Å². The molecule has 0 aromatic heterocycles. The Labute approximate surface area is 198 Å². The fraction of sp³-hybridized carbons (Fsp3) is 0.565. The van der Waals surface area contributed by atoms with Crippen molar-refractivity contribution in [2.24, 2.45) is 5.41 Å². The SMILES string of the molecule is CC(CC(C)(C)C)c1cc(C(F)(F)F)cc(S(=O)(=O)NC2CCCC([NH2+]CC(=O)O)=C2C=N)c1. The third-order valence-corrected chi connectivity index (χ3v) is 7.17. The first-order valence-electron chi connectivity index (χ1n) is 11.1. The topological polar surface area (TPSA) is 124 Å². The van der Waals surface area contributed by atoms with Gasteiger partial charge in [0.1, 0.15) is 5.70 Å². The quantitative estimate of drug-likeness (QED) is 0.384. The summed E-state index contributed by atoms with van der Waals surface area (Å²) < 4.78 is 69.7. The average Bonchev–Trinajstić information content (AvgIpc) is 2.69. The van der Waals surface area contributed by atoms with Crippen LogP contribution < -0.4 is 10.0 Å². The molecule has 2 atom stereocenters. The van der Waals surface area contributed by atoms with Gasteiger partial charge in [0.15, 0.2) is 6.54 Å². The fourth-order valence-corrected chi connectivity index (χ4v) is 5.61. The molecular weight excluding hydrogens is 471 g/mol. The average molecular weight is 505 g/mol. The third kappa shape index (κ3) is 7.64. The minimum Gasteiger partial charge on any atom is -0.477 e. The molecule has 5 N–H and O–H groups in total. The molecule has 11 heteroatoms. The van der Waals surface area contributed by atoms with Crippen LogP contribution in [0.4, 0.5) is 13.2 Å². The van der Waals surface area contributed by atoms with E-state index >= 15 is 0 Å². The first-order chi connectivity index (χ1) is 15.5. The molecule has 0 aliphatic heterocycles. The van der Waals surface area contributed by atoms with Gasteiger partial charge in [0.25, 0.3) is 0 Å². The molecule has 34 heavy (non-hydrogen) atoms. The number of nitrogens with two attached hydrogens (primary N) is 1. The number of benzene rings is 1. The summed E-state index contributed by atoms with van der Waals surface area (Å²) >= 11 is 0. The maximum Gasteiger partial charge on any atom is 0.416 e. The highest BCUT2D eigenvalue weighted by atomic mass is 32.2. The van der Waals surface area contributed by atoms with Crippen LogP contribution in [0.25, 0.3) is 0 Å². The Morgan fingerprint density at radius 3 is 2.47 bits per heavy atom. The number of alkyl halides is 3.